The minimum Gasteiger partial charge on any atom is -0.504 e. The van der Waals surface area contributed by atoms with E-state index in [-0.39, 0.29) is 28.7 Å². The zero-order chi connectivity index (χ0) is 14.6. The van der Waals surface area contributed by atoms with Crippen molar-refractivity contribution in [3.05, 3.63) is 41.0 Å². The van der Waals surface area contributed by atoms with Crippen molar-refractivity contribution in [2.45, 2.75) is 12.0 Å². The Morgan fingerprint density at radius 2 is 1.15 bits per heavy atom. The molecular weight excluding hydrogens is 262 g/mol. The molecule has 2 aromatic rings. The fourth-order valence-corrected chi connectivity index (χ4v) is 2.60. The summed E-state index contributed by atoms with van der Waals surface area (Å²) in [6.45, 7) is 0. The average Bonchev–Trinajstić information content (AvgIpc) is 2.39. The van der Waals surface area contributed by atoms with Crippen molar-refractivity contribution in [3.63, 3.8) is 0 Å². The molecule has 6 heteroatoms. The number of anilines is 1. The van der Waals surface area contributed by atoms with Crippen LogP contribution in [0.2, 0.25) is 0 Å². The highest BCUT2D eigenvalue weighted by molar-refractivity contribution is 5.65. The largest absolute Gasteiger partial charge is 0.504 e. The Labute approximate surface area is 114 Å². The smallest absolute Gasteiger partial charge is 0.159 e. The van der Waals surface area contributed by atoms with Gasteiger partial charge in [-0.15, -0.1) is 0 Å². The van der Waals surface area contributed by atoms with E-state index in [0.717, 1.165) is 0 Å². The highest BCUT2D eigenvalue weighted by Crippen LogP contribution is 2.54. The van der Waals surface area contributed by atoms with Crippen molar-refractivity contribution < 1.29 is 25.5 Å². The number of rotatable bonds is 1. The first-order valence-electron chi connectivity index (χ1n) is 5.95. The molecule has 2 aromatic carbocycles. The van der Waals surface area contributed by atoms with Gasteiger partial charge in [-0.25, -0.2) is 0 Å². The Balaban J connectivity index is 2.12. The molecule has 0 aromatic heterocycles. The third-order valence-corrected chi connectivity index (χ3v) is 3.66. The van der Waals surface area contributed by atoms with Gasteiger partial charge in [0.1, 0.15) is 0 Å². The summed E-state index contributed by atoms with van der Waals surface area (Å²) in [4.78, 5) is 0. The number of hydrogen-bond donors (Lipinski definition) is 6. The van der Waals surface area contributed by atoms with Crippen LogP contribution in [0.3, 0.4) is 0 Å². The lowest BCUT2D eigenvalue weighted by atomic mass is 9.70. The molecule has 0 saturated carbocycles. The number of benzene rings is 2. The molecule has 7 N–H and O–H groups in total. The molecule has 0 fully saturated rings. The minimum absolute atomic E-state index is 0.225. The lowest BCUT2D eigenvalue weighted by molar-refractivity contribution is 0.131. The predicted octanol–water partition coefficient (Wildman–Crippen LogP) is 1.27. The van der Waals surface area contributed by atoms with Crippen LogP contribution in [0.5, 0.6) is 23.0 Å². The highest BCUT2D eigenvalue weighted by Gasteiger charge is 2.39. The molecule has 0 spiro atoms. The molecule has 0 aliphatic heterocycles. The first kappa shape index (κ1) is 12.4. The standard InChI is InChI=1S/C14H13NO5/c15-8-4-12(19)11(18)3-7(8)13-5-1-9(16)10(17)2-6(5)14(13)20/h1-4,13-14,16-20H,15H2. The Morgan fingerprint density at radius 3 is 1.75 bits per heavy atom. The van der Waals surface area contributed by atoms with Gasteiger partial charge in [0.05, 0.1) is 6.10 Å². The molecule has 0 amide bonds. The number of nitrogen functional groups attached to an aromatic ring is 1. The number of phenols is 4. The maximum Gasteiger partial charge on any atom is 0.159 e. The third kappa shape index (κ3) is 1.55. The van der Waals surface area contributed by atoms with Gasteiger partial charge in [-0.2, -0.15) is 0 Å². The van der Waals surface area contributed by atoms with Crippen LogP contribution < -0.4 is 5.73 Å². The summed E-state index contributed by atoms with van der Waals surface area (Å²) >= 11 is 0. The van der Waals surface area contributed by atoms with E-state index in [1.54, 1.807) is 0 Å². The molecule has 2 atom stereocenters. The van der Waals surface area contributed by atoms with Gasteiger partial charge in [-0.3, -0.25) is 0 Å². The van der Waals surface area contributed by atoms with E-state index >= 15 is 0 Å². The van der Waals surface area contributed by atoms with Crippen LogP contribution in [0.1, 0.15) is 28.7 Å². The molecule has 0 saturated heterocycles. The van der Waals surface area contributed by atoms with Crippen molar-refractivity contribution in [2.24, 2.45) is 0 Å². The second-order valence-electron chi connectivity index (χ2n) is 4.86. The Hall–Kier alpha value is -2.60. The molecule has 0 radical (unpaired) electrons. The lowest BCUT2D eigenvalue weighted by Crippen LogP contribution is -2.25. The van der Waals surface area contributed by atoms with E-state index in [0.29, 0.717) is 16.7 Å². The Bertz CT molecular complexity index is 713. The topological polar surface area (TPSA) is 127 Å². The van der Waals surface area contributed by atoms with Crippen LogP contribution in [-0.4, -0.2) is 25.5 Å². The van der Waals surface area contributed by atoms with Gasteiger partial charge in [0.25, 0.3) is 0 Å². The van der Waals surface area contributed by atoms with Crippen LogP contribution >= 0.6 is 0 Å². The van der Waals surface area contributed by atoms with Gasteiger partial charge in [0.2, 0.25) is 0 Å². The predicted molar refractivity (Wildman–Crippen MR) is 70.8 cm³/mol. The molecular formula is C14H13NO5. The van der Waals surface area contributed by atoms with Crippen molar-refractivity contribution in [3.8, 4) is 23.0 Å². The van der Waals surface area contributed by atoms with Crippen LogP contribution in [0, 0.1) is 0 Å². The van der Waals surface area contributed by atoms with E-state index in [4.69, 9.17) is 5.73 Å². The molecule has 1 aliphatic rings. The van der Waals surface area contributed by atoms with Gasteiger partial charge >= 0.3 is 0 Å². The normalized spacial score (nSPS) is 20.2. The van der Waals surface area contributed by atoms with Gasteiger partial charge < -0.3 is 31.3 Å². The molecule has 104 valence electrons. The number of fused-ring (bicyclic) bond motifs is 1. The Kier molecular flexibility index (Phi) is 2.45. The average molecular weight is 275 g/mol. The molecule has 2 unspecified atom stereocenters. The van der Waals surface area contributed by atoms with Crippen LogP contribution in [0.15, 0.2) is 24.3 Å². The summed E-state index contributed by atoms with van der Waals surface area (Å²) in [6.07, 6.45) is -0.900. The number of aliphatic hydroxyl groups is 1. The number of hydrogen-bond acceptors (Lipinski definition) is 6. The van der Waals surface area contributed by atoms with E-state index in [1.165, 1.54) is 24.3 Å². The highest BCUT2D eigenvalue weighted by atomic mass is 16.3. The summed E-state index contributed by atoms with van der Waals surface area (Å²) in [7, 11) is 0. The fraction of sp³-hybridized carbons (Fsp3) is 0.143. The quantitative estimate of drug-likeness (QED) is 0.264. The molecule has 0 heterocycles. The zero-order valence-electron chi connectivity index (χ0n) is 10.3. The number of nitrogens with two attached hydrogens (primary N) is 1. The van der Waals surface area contributed by atoms with Crippen LogP contribution in [0.4, 0.5) is 5.69 Å². The maximum absolute atomic E-state index is 10.1. The summed E-state index contributed by atoms with van der Waals surface area (Å²) in [6, 6.07) is 5.13. The minimum atomic E-state index is -0.900. The first-order chi connectivity index (χ1) is 9.40. The van der Waals surface area contributed by atoms with E-state index in [2.05, 4.69) is 0 Å². The second kappa shape index (κ2) is 3.94. The van der Waals surface area contributed by atoms with E-state index < -0.39 is 12.0 Å². The fourth-order valence-electron chi connectivity index (χ4n) is 2.60. The van der Waals surface area contributed by atoms with Gasteiger partial charge in [0, 0.05) is 17.7 Å². The van der Waals surface area contributed by atoms with E-state index in [9.17, 15) is 25.5 Å². The van der Waals surface area contributed by atoms with Gasteiger partial charge in [-0.1, -0.05) is 0 Å². The molecule has 0 bridgehead atoms. The number of aromatic hydroxyl groups is 4. The van der Waals surface area contributed by atoms with Crippen molar-refractivity contribution in [2.75, 3.05) is 5.73 Å². The molecule has 6 nitrogen and oxygen atoms in total. The first-order valence-corrected chi connectivity index (χ1v) is 5.95. The molecule has 1 aliphatic carbocycles. The zero-order valence-corrected chi connectivity index (χ0v) is 10.3. The third-order valence-electron chi connectivity index (χ3n) is 3.66. The molecule has 3 rings (SSSR count). The second-order valence-corrected chi connectivity index (χ2v) is 4.86. The summed E-state index contributed by atoms with van der Waals surface area (Å²) < 4.78 is 0. The van der Waals surface area contributed by atoms with Crippen LogP contribution in [0.25, 0.3) is 0 Å². The Morgan fingerprint density at radius 1 is 0.700 bits per heavy atom. The van der Waals surface area contributed by atoms with E-state index in [1.807, 2.05) is 0 Å². The van der Waals surface area contributed by atoms with Gasteiger partial charge in [-0.05, 0) is 34.9 Å². The van der Waals surface area contributed by atoms with Crippen LogP contribution in [-0.2, 0) is 0 Å². The monoisotopic (exact) mass is 275 g/mol. The summed E-state index contributed by atoms with van der Waals surface area (Å²) in [5, 5.41) is 48.0. The summed E-state index contributed by atoms with van der Waals surface area (Å²) in [5.74, 6) is -1.79. The summed E-state index contributed by atoms with van der Waals surface area (Å²) in [5.41, 5.74) is 7.58. The SMILES string of the molecule is Nc1cc(O)c(O)cc1C1c2cc(O)c(O)cc2C1O. The van der Waals surface area contributed by atoms with Crippen molar-refractivity contribution >= 4 is 5.69 Å². The number of phenolic OH excluding ortho intramolecular Hbond substituents is 4. The lowest BCUT2D eigenvalue weighted by Gasteiger charge is -2.37. The van der Waals surface area contributed by atoms with Crippen molar-refractivity contribution in [1.29, 1.82) is 0 Å². The van der Waals surface area contributed by atoms with Crippen molar-refractivity contribution in [1.82, 2.24) is 0 Å². The maximum atomic E-state index is 10.1. The molecule has 20 heavy (non-hydrogen) atoms. The van der Waals surface area contributed by atoms with Gasteiger partial charge in [0.15, 0.2) is 23.0 Å². The number of aliphatic hydroxyl groups excluding tert-OH is 1.